The molecule has 2 aromatic carbocycles. The number of ether oxygens (including phenoxy) is 6. The molecule has 1 aliphatic heterocycles. The van der Waals surface area contributed by atoms with Gasteiger partial charge in [-0.3, -0.25) is 9.78 Å². The summed E-state index contributed by atoms with van der Waals surface area (Å²) in [4.78, 5) is 33.7. The fourth-order valence-corrected chi connectivity index (χ4v) is 6.08. The van der Waals surface area contributed by atoms with Crippen LogP contribution in [0.25, 0.3) is 0 Å². The molecule has 0 N–H and O–H groups in total. The normalized spacial score (nSPS) is 14.2. The van der Waals surface area contributed by atoms with Crippen LogP contribution in [0.5, 0.6) is 28.7 Å². The molecule has 1 atom stereocenters. The number of aryl methyl sites for hydroxylation is 2. The Balaban J connectivity index is 1.39. The lowest BCUT2D eigenvalue weighted by Gasteiger charge is -2.30. The Morgan fingerprint density at radius 2 is 1.52 bits per heavy atom. The zero-order valence-corrected chi connectivity index (χ0v) is 29.4. The van der Waals surface area contributed by atoms with Crippen LogP contribution >= 0.6 is 0 Å². The van der Waals surface area contributed by atoms with Gasteiger partial charge in [0.1, 0.15) is 6.61 Å². The minimum absolute atomic E-state index is 0.00794. The van der Waals surface area contributed by atoms with E-state index in [-0.39, 0.29) is 30.4 Å². The van der Waals surface area contributed by atoms with E-state index in [1.165, 1.54) is 21.3 Å². The van der Waals surface area contributed by atoms with Crippen LogP contribution < -0.4 is 23.7 Å². The third-order valence-corrected chi connectivity index (χ3v) is 8.80. The molecule has 0 aliphatic carbocycles. The van der Waals surface area contributed by atoms with Crippen LogP contribution in [0.1, 0.15) is 48.8 Å². The predicted octanol–water partition coefficient (Wildman–Crippen LogP) is 6.30. The number of alkyl halides is 2. The number of pyridine rings is 1. The molecule has 0 radical (unpaired) electrons. The van der Waals surface area contributed by atoms with E-state index >= 15 is 8.78 Å². The zero-order valence-electron chi connectivity index (χ0n) is 29.4. The van der Waals surface area contributed by atoms with Gasteiger partial charge in [-0.05, 0) is 86.4 Å². The predicted molar refractivity (Wildman–Crippen MR) is 183 cm³/mol. The fourth-order valence-electron chi connectivity index (χ4n) is 6.08. The lowest BCUT2D eigenvalue weighted by molar-refractivity contribution is -0.160. The molecule has 2 heterocycles. The van der Waals surface area contributed by atoms with Crippen molar-refractivity contribution in [2.75, 3.05) is 61.8 Å². The fraction of sp³-hybridized carbons (Fsp3) is 0.486. The van der Waals surface area contributed by atoms with Crippen molar-refractivity contribution >= 4 is 12.0 Å². The molecular weight excluding hydrogens is 652 g/mol. The molecular formula is C37H47F2N3O8. The second kappa shape index (κ2) is 18.3. The van der Waals surface area contributed by atoms with Gasteiger partial charge in [-0.25, -0.2) is 4.79 Å². The van der Waals surface area contributed by atoms with E-state index in [4.69, 9.17) is 28.4 Å². The Bertz CT molecular complexity index is 1530. The molecule has 4 rings (SSSR count). The van der Waals surface area contributed by atoms with Gasteiger partial charge in [-0.1, -0.05) is 12.1 Å². The van der Waals surface area contributed by atoms with E-state index in [0.717, 1.165) is 47.4 Å². The third-order valence-electron chi connectivity index (χ3n) is 8.80. The Labute approximate surface area is 292 Å². The van der Waals surface area contributed by atoms with E-state index in [1.807, 2.05) is 30.3 Å². The maximum absolute atomic E-state index is 15.7. The number of carbonyl (C=O) groups is 2. The van der Waals surface area contributed by atoms with Crippen molar-refractivity contribution in [3.63, 3.8) is 0 Å². The molecule has 272 valence electrons. The lowest BCUT2D eigenvalue weighted by Crippen LogP contribution is -2.47. The molecule has 0 saturated carbocycles. The van der Waals surface area contributed by atoms with Gasteiger partial charge in [0.05, 0.1) is 41.6 Å². The number of nitrogens with zero attached hydrogens (tertiary/aromatic N) is 3. The topological polar surface area (TPSA) is 109 Å². The van der Waals surface area contributed by atoms with E-state index in [1.54, 1.807) is 31.5 Å². The minimum atomic E-state index is -3.90. The second-order valence-electron chi connectivity index (χ2n) is 12.0. The summed E-state index contributed by atoms with van der Waals surface area (Å²) in [6.07, 6.45) is 7.61. The minimum Gasteiger partial charge on any atom is -0.493 e. The van der Waals surface area contributed by atoms with E-state index in [9.17, 15) is 9.59 Å². The van der Waals surface area contributed by atoms with Gasteiger partial charge in [-0.2, -0.15) is 8.78 Å². The largest absolute Gasteiger partial charge is 0.493 e. The van der Waals surface area contributed by atoms with Gasteiger partial charge >= 0.3 is 12.0 Å². The molecule has 11 nitrogen and oxygen atoms in total. The number of likely N-dealkylation sites (tertiary alicyclic amines) is 1. The molecule has 0 spiro atoms. The highest BCUT2D eigenvalue weighted by molar-refractivity contribution is 5.86. The summed E-state index contributed by atoms with van der Waals surface area (Å²) in [5, 5.41) is 0. The molecule has 1 fully saturated rings. The number of benzene rings is 2. The van der Waals surface area contributed by atoms with Gasteiger partial charge in [0.2, 0.25) is 5.75 Å². The first-order valence-electron chi connectivity index (χ1n) is 16.7. The number of amides is 2. The highest BCUT2D eigenvalue weighted by Crippen LogP contribution is 2.43. The van der Waals surface area contributed by atoms with Crippen molar-refractivity contribution in [3.8, 4) is 28.7 Å². The maximum Gasteiger partial charge on any atom is 0.409 e. The van der Waals surface area contributed by atoms with Crippen LogP contribution in [0.4, 0.5) is 13.6 Å². The van der Waals surface area contributed by atoms with Crippen molar-refractivity contribution in [1.29, 1.82) is 0 Å². The van der Waals surface area contributed by atoms with E-state index < -0.39 is 29.5 Å². The molecule has 1 saturated heterocycles. The molecule has 3 aromatic rings. The first kappa shape index (κ1) is 38.0. The summed E-state index contributed by atoms with van der Waals surface area (Å²) >= 11 is 0. The van der Waals surface area contributed by atoms with E-state index in [0.29, 0.717) is 50.3 Å². The average molecular weight is 700 g/mol. The second-order valence-corrected chi connectivity index (χ2v) is 12.0. The lowest BCUT2D eigenvalue weighted by atomic mass is 10.0. The molecule has 50 heavy (non-hydrogen) atoms. The highest BCUT2D eigenvalue weighted by atomic mass is 19.3. The quantitative estimate of drug-likeness (QED) is 0.141. The Hall–Kier alpha value is -4.81. The summed E-state index contributed by atoms with van der Waals surface area (Å²) in [7, 11) is 7.17. The first-order valence-corrected chi connectivity index (χ1v) is 16.7. The molecule has 2 amide bonds. The maximum atomic E-state index is 15.7. The van der Waals surface area contributed by atoms with Crippen molar-refractivity contribution in [2.45, 2.75) is 56.9 Å². The summed E-state index contributed by atoms with van der Waals surface area (Å²) in [5.74, 6) is -3.81. The first-order chi connectivity index (χ1) is 24.2. The van der Waals surface area contributed by atoms with Crippen LogP contribution in [0.2, 0.25) is 0 Å². The SMILES string of the molecule is COc1ccc(CCCCN(CCCc2cccnc2)C(=O)OCC2CCCN2C(=O)C(F)(F)c2cc(OC)c(OC)c(OC)c2)cc1OC. The Morgan fingerprint density at radius 3 is 2.16 bits per heavy atom. The summed E-state index contributed by atoms with van der Waals surface area (Å²) < 4.78 is 63.6. The smallest absolute Gasteiger partial charge is 0.409 e. The summed E-state index contributed by atoms with van der Waals surface area (Å²) in [5.41, 5.74) is 1.55. The molecule has 0 bridgehead atoms. The van der Waals surface area contributed by atoms with Crippen molar-refractivity contribution < 1.29 is 46.8 Å². The zero-order chi connectivity index (χ0) is 36.1. The van der Waals surface area contributed by atoms with Crippen LogP contribution in [0.3, 0.4) is 0 Å². The van der Waals surface area contributed by atoms with Gasteiger partial charge in [0, 0.05) is 37.6 Å². The Morgan fingerprint density at radius 1 is 0.840 bits per heavy atom. The van der Waals surface area contributed by atoms with Gasteiger partial charge in [0.15, 0.2) is 23.0 Å². The van der Waals surface area contributed by atoms with Crippen LogP contribution in [0.15, 0.2) is 54.9 Å². The monoisotopic (exact) mass is 699 g/mol. The number of hydrogen-bond donors (Lipinski definition) is 0. The summed E-state index contributed by atoms with van der Waals surface area (Å²) in [6, 6.07) is 11.1. The molecule has 1 unspecified atom stereocenters. The number of hydrogen-bond acceptors (Lipinski definition) is 9. The van der Waals surface area contributed by atoms with Crippen molar-refractivity contribution in [3.05, 3.63) is 71.5 Å². The van der Waals surface area contributed by atoms with Crippen molar-refractivity contribution in [2.24, 2.45) is 0 Å². The van der Waals surface area contributed by atoms with Crippen LogP contribution in [-0.2, 0) is 28.3 Å². The summed E-state index contributed by atoms with van der Waals surface area (Å²) in [6.45, 7) is 0.814. The number of aromatic nitrogens is 1. The van der Waals surface area contributed by atoms with Gasteiger partial charge in [-0.15, -0.1) is 0 Å². The highest BCUT2D eigenvalue weighted by Gasteiger charge is 2.48. The Kier molecular flexibility index (Phi) is 13.9. The van der Waals surface area contributed by atoms with Crippen LogP contribution in [0, 0.1) is 0 Å². The van der Waals surface area contributed by atoms with Crippen LogP contribution in [-0.4, -0.2) is 94.6 Å². The van der Waals surface area contributed by atoms with Gasteiger partial charge in [0.25, 0.3) is 5.91 Å². The number of unbranched alkanes of at least 4 members (excludes halogenated alkanes) is 1. The number of carbonyl (C=O) groups excluding carboxylic acids is 2. The molecule has 1 aromatic heterocycles. The number of halogens is 2. The number of rotatable bonds is 18. The molecule has 1 aliphatic rings. The third kappa shape index (κ3) is 9.45. The van der Waals surface area contributed by atoms with Crippen molar-refractivity contribution in [1.82, 2.24) is 14.8 Å². The number of methoxy groups -OCH3 is 5. The van der Waals surface area contributed by atoms with Gasteiger partial charge < -0.3 is 38.2 Å². The molecule has 13 heteroatoms. The van der Waals surface area contributed by atoms with E-state index in [2.05, 4.69) is 4.98 Å². The average Bonchev–Trinajstić information content (AvgIpc) is 3.62. The standard InChI is InChI=1S/C37H47F2N3O8/c1-45-30-16-15-26(21-31(30)46-2)11-6-7-18-41(19-9-13-27-12-8-17-40-24-27)36(44)50-25-29-14-10-20-42(29)35(43)37(38,39)28-22-32(47-3)34(49-5)33(23-28)48-4/h8,12,15-17,21-24,29H,6-7,9-11,13-14,18-20,25H2,1-5H3.